The van der Waals surface area contributed by atoms with Gasteiger partial charge in [-0.3, -0.25) is 4.79 Å². The van der Waals surface area contributed by atoms with Crippen molar-refractivity contribution in [1.29, 1.82) is 0 Å². The first-order valence-electron chi connectivity index (χ1n) is 21.3. The van der Waals surface area contributed by atoms with Crippen molar-refractivity contribution in [3.63, 3.8) is 0 Å². The third kappa shape index (κ3) is 8.89. The molecule has 326 valence electrons. The van der Waals surface area contributed by atoms with Crippen LogP contribution in [0.4, 0.5) is 0 Å². The van der Waals surface area contributed by atoms with E-state index in [1.807, 2.05) is 42.7 Å². The summed E-state index contributed by atoms with van der Waals surface area (Å²) in [6, 6.07) is 28.2. The third-order valence-electron chi connectivity index (χ3n) is 12.9. The summed E-state index contributed by atoms with van der Waals surface area (Å²) in [7, 11) is 4.82. The minimum Gasteiger partial charge on any atom is -0.508 e. The van der Waals surface area contributed by atoms with Gasteiger partial charge in [-0.05, 0) is 138 Å². The number of aromatic amines is 1. The van der Waals surface area contributed by atoms with Crippen molar-refractivity contribution in [2.24, 2.45) is 11.8 Å². The normalized spacial score (nSPS) is 18.7. The van der Waals surface area contributed by atoms with Crippen LogP contribution in [-0.2, 0) is 48.9 Å². The molecule has 7 rings (SSSR count). The fourth-order valence-electron chi connectivity index (χ4n) is 9.83. The maximum absolute atomic E-state index is 15.7. The van der Waals surface area contributed by atoms with E-state index in [1.54, 1.807) is 50.6 Å². The molecule has 1 aliphatic carbocycles. The molecule has 5 aromatic carbocycles. The molecule has 0 radical (unpaired) electrons. The van der Waals surface area contributed by atoms with Crippen LogP contribution in [0.1, 0.15) is 64.3 Å². The van der Waals surface area contributed by atoms with Crippen LogP contribution in [0.15, 0.2) is 103 Å². The number of aryl methyl sites for hydroxylation is 1. The number of ketones is 1. The molecule has 0 spiro atoms. The van der Waals surface area contributed by atoms with E-state index in [9.17, 15) is 25.5 Å². The SMILES string of the molecule is CCc1ccc2ccccc2c1Cc1c(C[C@H](Cc2cc[nH]c2)[C@H](O)[C@@H]2CC[C@@H](O)[C@](Cc3ccc(OCO)c(OC)c3)(c3cc(O)cc(CNC)c3)C2=O)ccc(O)c1OC. The molecule has 7 N–H and O–H groups in total. The number of carbonyl (C=O) groups is 1. The van der Waals surface area contributed by atoms with Gasteiger partial charge in [0.05, 0.1) is 31.8 Å². The molecule has 1 aromatic heterocycles. The Morgan fingerprint density at radius 3 is 2.39 bits per heavy atom. The molecule has 0 unspecified atom stereocenters. The van der Waals surface area contributed by atoms with Gasteiger partial charge in [0.1, 0.15) is 5.75 Å². The number of H-pyrrole nitrogens is 1. The maximum atomic E-state index is 15.7. The summed E-state index contributed by atoms with van der Waals surface area (Å²) in [6.07, 6.45) is 3.96. The topological polar surface area (TPSA) is 174 Å². The molecule has 11 heteroatoms. The summed E-state index contributed by atoms with van der Waals surface area (Å²) in [5, 5.41) is 62.1. The van der Waals surface area contributed by atoms with Crippen molar-refractivity contribution in [2.75, 3.05) is 28.1 Å². The summed E-state index contributed by atoms with van der Waals surface area (Å²) in [6.45, 7) is 1.98. The first-order chi connectivity index (χ1) is 30.0. The molecule has 11 nitrogen and oxygen atoms in total. The summed E-state index contributed by atoms with van der Waals surface area (Å²) in [5.74, 6) is -0.717. The lowest BCUT2D eigenvalue weighted by atomic mass is 9.58. The number of aromatic nitrogens is 1. The van der Waals surface area contributed by atoms with E-state index in [0.29, 0.717) is 54.2 Å². The quantitative estimate of drug-likeness (QED) is 0.0444. The Balaban J connectivity index is 1.33. The Kier molecular flexibility index (Phi) is 13.9. The zero-order valence-electron chi connectivity index (χ0n) is 35.9. The zero-order chi connectivity index (χ0) is 44.0. The number of phenolic OH excluding ortho intramolecular Hbond substituents is 2. The molecular formula is C51H58N2O9. The number of methoxy groups -OCH3 is 2. The van der Waals surface area contributed by atoms with Crippen LogP contribution in [0.2, 0.25) is 0 Å². The summed E-state index contributed by atoms with van der Waals surface area (Å²) < 4.78 is 16.9. The molecule has 1 saturated carbocycles. The first kappa shape index (κ1) is 44.2. The average Bonchev–Trinajstić information content (AvgIpc) is 3.79. The third-order valence-corrected chi connectivity index (χ3v) is 12.9. The predicted octanol–water partition coefficient (Wildman–Crippen LogP) is 7.08. The van der Waals surface area contributed by atoms with Crippen LogP contribution in [0.25, 0.3) is 10.8 Å². The average molecular weight is 843 g/mol. The Morgan fingerprint density at radius 2 is 1.66 bits per heavy atom. The molecule has 1 heterocycles. The van der Waals surface area contributed by atoms with Gasteiger partial charge in [0.15, 0.2) is 35.6 Å². The number of hydrogen-bond acceptors (Lipinski definition) is 10. The van der Waals surface area contributed by atoms with Crippen LogP contribution in [0.3, 0.4) is 0 Å². The van der Waals surface area contributed by atoms with Crippen molar-refractivity contribution < 1.29 is 44.5 Å². The number of Topliss-reactive ketones (excluding diaryl/α,β-unsaturated/α-hetero) is 1. The molecule has 0 saturated heterocycles. The molecule has 1 aliphatic rings. The highest BCUT2D eigenvalue weighted by molar-refractivity contribution is 5.95. The Bertz CT molecular complexity index is 2480. The van der Waals surface area contributed by atoms with Gasteiger partial charge in [-0.2, -0.15) is 0 Å². The van der Waals surface area contributed by atoms with E-state index >= 15 is 4.79 Å². The standard InChI is InChI=1S/C51H58N2O9/c1-5-34-11-12-35-8-6-7-9-40(35)42(34)26-43-36(13-15-44(56)49(43)61-4)24-37(20-32-18-19-53-29-32)48(58)41-14-17-47(57)51(50(41)59,38-21-33(28-52-2)22-39(55)25-38)27-31-10-16-45(62-30-54)46(23-31)60-3/h6-13,15-16,18-19,21-23,25,29,37,41,47-48,52-58H,5,14,17,20,24,26-28,30H2,1-4H3/t37-,41-,47+,48-,51-/m0/s1. The second kappa shape index (κ2) is 19.5. The van der Waals surface area contributed by atoms with Crippen molar-refractivity contribution in [2.45, 2.75) is 76.0 Å². The molecule has 0 amide bonds. The fourth-order valence-corrected chi connectivity index (χ4v) is 9.83. The number of carbonyl (C=O) groups excluding carboxylic acids is 1. The van der Waals surface area contributed by atoms with E-state index in [-0.39, 0.29) is 36.5 Å². The number of ether oxygens (including phenoxy) is 3. The first-order valence-corrected chi connectivity index (χ1v) is 21.3. The van der Waals surface area contributed by atoms with Gasteiger partial charge in [0.25, 0.3) is 0 Å². The lowest BCUT2D eigenvalue weighted by molar-refractivity contribution is -0.144. The number of benzene rings is 5. The van der Waals surface area contributed by atoms with Gasteiger partial charge in [-0.1, -0.05) is 61.5 Å². The van der Waals surface area contributed by atoms with E-state index in [2.05, 4.69) is 41.5 Å². The number of hydrogen-bond donors (Lipinski definition) is 7. The van der Waals surface area contributed by atoms with Crippen molar-refractivity contribution >= 4 is 16.6 Å². The van der Waals surface area contributed by atoms with E-state index < -0.39 is 36.3 Å². The molecule has 5 atom stereocenters. The van der Waals surface area contributed by atoms with Crippen LogP contribution >= 0.6 is 0 Å². The number of fused-ring (bicyclic) bond motifs is 1. The molecular weight excluding hydrogens is 785 g/mol. The smallest absolute Gasteiger partial charge is 0.186 e. The second-order valence-electron chi connectivity index (χ2n) is 16.5. The number of phenols is 2. The molecule has 62 heavy (non-hydrogen) atoms. The highest BCUT2D eigenvalue weighted by Gasteiger charge is 2.54. The predicted molar refractivity (Wildman–Crippen MR) is 239 cm³/mol. The summed E-state index contributed by atoms with van der Waals surface area (Å²) >= 11 is 0. The monoisotopic (exact) mass is 842 g/mol. The second-order valence-corrected chi connectivity index (χ2v) is 16.5. The number of nitrogens with one attached hydrogen (secondary N) is 2. The fraction of sp³-hybridized carbons (Fsp3) is 0.353. The van der Waals surface area contributed by atoms with Gasteiger partial charge in [0, 0.05) is 36.8 Å². The Morgan fingerprint density at radius 1 is 0.855 bits per heavy atom. The lowest BCUT2D eigenvalue weighted by Crippen LogP contribution is -2.57. The van der Waals surface area contributed by atoms with Gasteiger partial charge >= 0.3 is 0 Å². The Hall–Kier alpha value is -5.85. The molecule has 0 bridgehead atoms. The van der Waals surface area contributed by atoms with Gasteiger partial charge in [0.2, 0.25) is 0 Å². The number of rotatable bonds is 18. The van der Waals surface area contributed by atoms with Crippen molar-refractivity contribution in [3.05, 3.63) is 148 Å². The van der Waals surface area contributed by atoms with Crippen molar-refractivity contribution in [1.82, 2.24) is 10.3 Å². The van der Waals surface area contributed by atoms with E-state index in [0.717, 1.165) is 45.0 Å². The van der Waals surface area contributed by atoms with Gasteiger partial charge in [-0.25, -0.2) is 0 Å². The lowest BCUT2D eigenvalue weighted by Gasteiger charge is -2.46. The van der Waals surface area contributed by atoms with Crippen LogP contribution in [0, 0.1) is 11.8 Å². The van der Waals surface area contributed by atoms with Crippen LogP contribution < -0.4 is 19.5 Å². The summed E-state index contributed by atoms with van der Waals surface area (Å²) in [5.41, 5.74) is 5.21. The minimum atomic E-state index is -1.58. The van der Waals surface area contributed by atoms with Crippen LogP contribution in [-0.4, -0.2) is 76.6 Å². The van der Waals surface area contributed by atoms with E-state index in [4.69, 9.17) is 14.2 Å². The maximum Gasteiger partial charge on any atom is 0.186 e. The summed E-state index contributed by atoms with van der Waals surface area (Å²) in [4.78, 5) is 18.8. The highest BCUT2D eigenvalue weighted by Crippen LogP contribution is 2.47. The number of aromatic hydroxyl groups is 2. The largest absolute Gasteiger partial charge is 0.508 e. The van der Waals surface area contributed by atoms with Gasteiger partial charge in [-0.15, -0.1) is 0 Å². The number of aliphatic hydroxyl groups excluding tert-OH is 3. The molecule has 6 aromatic rings. The van der Waals surface area contributed by atoms with E-state index in [1.165, 1.54) is 12.7 Å². The number of aliphatic hydroxyl groups is 3. The minimum absolute atomic E-state index is 0.0184. The van der Waals surface area contributed by atoms with Crippen LogP contribution in [0.5, 0.6) is 28.7 Å². The van der Waals surface area contributed by atoms with Crippen molar-refractivity contribution in [3.8, 4) is 28.7 Å². The zero-order valence-corrected chi connectivity index (χ0v) is 35.9. The Labute approximate surface area is 363 Å². The highest BCUT2D eigenvalue weighted by atomic mass is 16.6. The van der Waals surface area contributed by atoms with Gasteiger partial charge < -0.3 is 50.0 Å². The molecule has 0 aliphatic heterocycles. The molecule has 1 fully saturated rings.